The van der Waals surface area contributed by atoms with Crippen LogP contribution in [0.1, 0.15) is 18.7 Å². The summed E-state index contributed by atoms with van der Waals surface area (Å²) in [4.78, 5) is 11.2. The van der Waals surface area contributed by atoms with Gasteiger partial charge in [0.2, 0.25) is 5.82 Å². The van der Waals surface area contributed by atoms with E-state index in [0.29, 0.717) is 24.2 Å². The third-order valence-corrected chi connectivity index (χ3v) is 4.88. The Bertz CT molecular complexity index is 887. The number of piperidine rings is 1. The predicted molar refractivity (Wildman–Crippen MR) is 125 cm³/mol. The van der Waals surface area contributed by atoms with Gasteiger partial charge in [0.15, 0.2) is 11.7 Å². The molecule has 4 rings (SSSR count). The highest BCUT2D eigenvalue weighted by atomic mass is 127. The summed E-state index contributed by atoms with van der Waals surface area (Å²) in [6.07, 6.45) is 3.75. The largest absolute Gasteiger partial charge is 0.461 e. The fraction of sp³-hybridized carbons (Fsp3) is 0.350. The first kappa shape index (κ1) is 21.2. The van der Waals surface area contributed by atoms with Gasteiger partial charge in [-0.3, -0.25) is 10.1 Å². The Morgan fingerprint density at radius 1 is 1.21 bits per heavy atom. The van der Waals surface area contributed by atoms with Gasteiger partial charge in [-0.2, -0.15) is 0 Å². The average Bonchev–Trinajstić information content (AvgIpc) is 3.44. The van der Waals surface area contributed by atoms with Crippen molar-refractivity contribution in [2.45, 2.75) is 25.4 Å². The van der Waals surface area contributed by atoms with E-state index in [1.165, 1.54) is 5.69 Å². The van der Waals surface area contributed by atoms with Gasteiger partial charge in [-0.1, -0.05) is 18.2 Å². The van der Waals surface area contributed by atoms with Gasteiger partial charge >= 0.3 is 0 Å². The van der Waals surface area contributed by atoms with Crippen molar-refractivity contribution in [3.63, 3.8) is 0 Å². The van der Waals surface area contributed by atoms with E-state index in [4.69, 9.17) is 4.42 Å². The molecular formula is C20H26IN7O. The molecule has 0 aliphatic carbocycles. The van der Waals surface area contributed by atoms with Crippen LogP contribution in [-0.4, -0.2) is 47.3 Å². The van der Waals surface area contributed by atoms with Gasteiger partial charge in [0, 0.05) is 31.9 Å². The zero-order chi connectivity index (χ0) is 19.2. The van der Waals surface area contributed by atoms with Gasteiger partial charge in [-0.05, 0) is 37.1 Å². The molecule has 0 bridgehead atoms. The van der Waals surface area contributed by atoms with Crippen LogP contribution >= 0.6 is 24.0 Å². The highest BCUT2D eigenvalue weighted by molar-refractivity contribution is 14.0. The molecule has 2 aromatic heterocycles. The van der Waals surface area contributed by atoms with Crippen LogP contribution in [-0.2, 0) is 6.54 Å². The van der Waals surface area contributed by atoms with Crippen LogP contribution in [0.15, 0.2) is 58.1 Å². The molecule has 8 nitrogen and oxygen atoms in total. The summed E-state index contributed by atoms with van der Waals surface area (Å²) in [7, 11) is 1.78. The van der Waals surface area contributed by atoms with Gasteiger partial charge in [0.1, 0.15) is 5.82 Å². The second-order valence-corrected chi connectivity index (χ2v) is 6.75. The Kier molecular flexibility index (Phi) is 7.50. The molecule has 0 amide bonds. The number of H-pyrrole nitrogens is 1. The summed E-state index contributed by atoms with van der Waals surface area (Å²) in [6, 6.07) is 14.6. The number of aromatic nitrogens is 3. The predicted octanol–water partition coefficient (Wildman–Crippen LogP) is 3.02. The zero-order valence-electron chi connectivity index (χ0n) is 16.3. The van der Waals surface area contributed by atoms with E-state index in [0.717, 1.165) is 37.7 Å². The highest BCUT2D eigenvalue weighted by Crippen LogP contribution is 2.19. The first-order valence-corrected chi connectivity index (χ1v) is 9.54. The molecule has 3 heterocycles. The highest BCUT2D eigenvalue weighted by Gasteiger charge is 2.20. The molecule has 29 heavy (non-hydrogen) atoms. The summed E-state index contributed by atoms with van der Waals surface area (Å²) >= 11 is 0. The first-order chi connectivity index (χ1) is 13.8. The standard InChI is InChI=1S/C20H25N7O.HI/c1-21-20(22-14-18-24-19(26-25-18)17-8-5-13-28-17)23-15-9-11-27(12-10-15)16-6-3-2-4-7-16;/h2-8,13,15H,9-12,14H2,1H3,(H2,21,22,23)(H,24,25,26);1H. The van der Waals surface area contributed by atoms with Crippen molar-refractivity contribution in [2.75, 3.05) is 25.0 Å². The molecule has 1 saturated heterocycles. The number of hydrogen-bond donors (Lipinski definition) is 3. The molecule has 0 spiro atoms. The van der Waals surface area contributed by atoms with Crippen LogP contribution in [0.5, 0.6) is 0 Å². The van der Waals surface area contributed by atoms with Crippen LogP contribution in [0.25, 0.3) is 11.6 Å². The number of halogens is 1. The van der Waals surface area contributed by atoms with E-state index in [1.807, 2.05) is 12.1 Å². The maximum absolute atomic E-state index is 5.32. The maximum Gasteiger partial charge on any atom is 0.216 e. The number of anilines is 1. The molecule has 1 fully saturated rings. The molecule has 0 atom stereocenters. The summed E-state index contributed by atoms with van der Waals surface area (Å²) in [5.41, 5.74) is 1.29. The number of aromatic amines is 1. The monoisotopic (exact) mass is 507 g/mol. The van der Waals surface area contributed by atoms with Gasteiger partial charge in [0.05, 0.1) is 12.8 Å². The number of para-hydroxylation sites is 1. The number of furan rings is 1. The summed E-state index contributed by atoms with van der Waals surface area (Å²) in [5.74, 6) is 2.70. The summed E-state index contributed by atoms with van der Waals surface area (Å²) in [5, 5.41) is 13.9. The molecule has 1 aliphatic rings. The number of aliphatic imine (C=N–C) groups is 1. The fourth-order valence-corrected chi connectivity index (χ4v) is 3.37. The van der Waals surface area contributed by atoms with Gasteiger partial charge in [-0.15, -0.1) is 29.1 Å². The SMILES string of the molecule is CN=C(NCc1nc(-c2ccco2)n[nH]1)NC1CCN(c2ccccc2)CC1.I. The van der Waals surface area contributed by atoms with E-state index in [-0.39, 0.29) is 24.0 Å². The van der Waals surface area contributed by atoms with Crippen molar-refractivity contribution in [2.24, 2.45) is 4.99 Å². The van der Waals surface area contributed by atoms with Gasteiger partial charge in [0.25, 0.3) is 0 Å². The number of guanidine groups is 1. The summed E-state index contributed by atoms with van der Waals surface area (Å²) in [6.45, 7) is 2.58. The summed E-state index contributed by atoms with van der Waals surface area (Å²) < 4.78 is 5.32. The Labute approximate surface area is 187 Å². The lowest BCUT2D eigenvalue weighted by atomic mass is 10.0. The van der Waals surface area contributed by atoms with Crippen LogP contribution in [0.3, 0.4) is 0 Å². The van der Waals surface area contributed by atoms with Crippen LogP contribution < -0.4 is 15.5 Å². The minimum Gasteiger partial charge on any atom is -0.461 e. The van der Waals surface area contributed by atoms with Crippen molar-refractivity contribution in [1.29, 1.82) is 0 Å². The Balaban J connectivity index is 0.00000240. The maximum atomic E-state index is 5.32. The molecule has 154 valence electrons. The molecule has 3 aromatic rings. The van der Waals surface area contributed by atoms with Gasteiger partial charge < -0.3 is 20.0 Å². The third kappa shape index (κ3) is 5.49. The normalized spacial score (nSPS) is 15.1. The second kappa shape index (κ2) is 10.3. The molecular weight excluding hydrogens is 481 g/mol. The minimum absolute atomic E-state index is 0. The molecule has 1 aliphatic heterocycles. The van der Waals surface area contributed by atoms with Gasteiger partial charge in [-0.25, -0.2) is 4.98 Å². The molecule has 0 saturated carbocycles. The fourth-order valence-electron chi connectivity index (χ4n) is 3.37. The smallest absolute Gasteiger partial charge is 0.216 e. The van der Waals surface area contributed by atoms with Crippen molar-refractivity contribution >= 4 is 35.6 Å². The van der Waals surface area contributed by atoms with Crippen molar-refractivity contribution < 1.29 is 4.42 Å². The van der Waals surface area contributed by atoms with Crippen LogP contribution in [0, 0.1) is 0 Å². The third-order valence-electron chi connectivity index (χ3n) is 4.88. The number of benzene rings is 1. The molecule has 0 radical (unpaired) electrons. The molecule has 3 N–H and O–H groups in total. The number of nitrogens with zero attached hydrogens (tertiary/aromatic N) is 4. The van der Waals surface area contributed by atoms with Crippen molar-refractivity contribution in [3.8, 4) is 11.6 Å². The Hall–Kier alpha value is -2.56. The van der Waals surface area contributed by atoms with Crippen LogP contribution in [0.4, 0.5) is 5.69 Å². The Morgan fingerprint density at radius 2 is 2.00 bits per heavy atom. The second-order valence-electron chi connectivity index (χ2n) is 6.75. The number of rotatable bonds is 5. The minimum atomic E-state index is 0. The van der Waals surface area contributed by atoms with Crippen molar-refractivity contribution in [3.05, 3.63) is 54.6 Å². The lowest BCUT2D eigenvalue weighted by Crippen LogP contribution is -2.48. The lowest BCUT2D eigenvalue weighted by Gasteiger charge is -2.34. The first-order valence-electron chi connectivity index (χ1n) is 9.54. The van der Waals surface area contributed by atoms with E-state index >= 15 is 0 Å². The lowest BCUT2D eigenvalue weighted by molar-refractivity contribution is 0.461. The number of nitrogens with one attached hydrogen (secondary N) is 3. The van der Waals surface area contributed by atoms with E-state index in [1.54, 1.807) is 13.3 Å². The topological polar surface area (TPSA) is 94.4 Å². The van der Waals surface area contributed by atoms with E-state index in [9.17, 15) is 0 Å². The van der Waals surface area contributed by atoms with Crippen molar-refractivity contribution in [1.82, 2.24) is 25.8 Å². The molecule has 1 aromatic carbocycles. The number of hydrogen-bond acceptors (Lipinski definition) is 5. The average molecular weight is 507 g/mol. The van der Waals surface area contributed by atoms with E-state index in [2.05, 4.69) is 66.0 Å². The Morgan fingerprint density at radius 3 is 2.69 bits per heavy atom. The quantitative estimate of drug-likeness (QED) is 0.279. The molecule has 0 unspecified atom stereocenters. The molecule has 9 heteroatoms. The van der Waals surface area contributed by atoms with E-state index < -0.39 is 0 Å². The zero-order valence-corrected chi connectivity index (χ0v) is 18.7. The van der Waals surface area contributed by atoms with Crippen LogP contribution in [0.2, 0.25) is 0 Å².